The van der Waals surface area contributed by atoms with Crippen molar-refractivity contribution in [2.75, 3.05) is 31.1 Å². The molecule has 3 heterocycles. The van der Waals surface area contributed by atoms with Crippen LogP contribution in [0.15, 0.2) is 36.4 Å². The molecule has 1 atom stereocenters. The smallest absolute Gasteiger partial charge is 0.342 e. The molecule has 0 spiro atoms. The van der Waals surface area contributed by atoms with E-state index in [1.165, 1.54) is 18.0 Å². The summed E-state index contributed by atoms with van der Waals surface area (Å²) in [6.45, 7) is 3.39. The average Bonchev–Trinajstić information content (AvgIpc) is 3.50. The number of amides is 1. The van der Waals surface area contributed by atoms with Gasteiger partial charge in [0, 0.05) is 38.1 Å². The Bertz CT molecular complexity index is 1590. The van der Waals surface area contributed by atoms with Gasteiger partial charge in [-0.15, -0.1) is 5.10 Å². The molecule has 1 unspecified atom stereocenters. The van der Waals surface area contributed by atoms with Gasteiger partial charge < -0.3 is 9.80 Å². The van der Waals surface area contributed by atoms with Crippen molar-refractivity contribution in [2.45, 2.75) is 83.1 Å². The Balaban J connectivity index is 1.48. The quantitative estimate of drug-likeness (QED) is 0.212. The number of hydrogen-bond donors (Lipinski definition) is 0. The minimum atomic E-state index is -5.10. The first-order valence-electron chi connectivity index (χ1n) is 16.4. The second kappa shape index (κ2) is 14.8. The van der Waals surface area contributed by atoms with E-state index in [2.05, 4.69) is 20.3 Å². The summed E-state index contributed by atoms with van der Waals surface area (Å²) in [7, 11) is 1.39. The molecule has 8 nitrogen and oxygen atoms in total. The Morgan fingerprint density at radius 1 is 0.820 bits per heavy atom. The maximum Gasteiger partial charge on any atom is 0.416 e. The van der Waals surface area contributed by atoms with Gasteiger partial charge in [0.05, 0.1) is 23.7 Å². The molecule has 1 amide bonds. The molecule has 17 heteroatoms. The van der Waals surface area contributed by atoms with E-state index in [1.54, 1.807) is 0 Å². The van der Waals surface area contributed by atoms with Crippen molar-refractivity contribution in [3.8, 4) is 0 Å². The van der Waals surface area contributed by atoms with Crippen LogP contribution in [0.5, 0.6) is 0 Å². The first-order chi connectivity index (χ1) is 23.4. The standard InChI is InChI=1S/C33H38F9N7O/c1-3-28(47-13-9-22(10-14-47)29(50)48-11-5-4-6-12-48)27-8-7-24(31(34,35)36)17-23(27)20-49(30-43-45-46(2)44-30)19-21-15-25(32(37,38)39)18-26(16-21)33(40,41)42/h7-8,15-18,22,28H,3-6,9-14,19-20H2,1-2H3. The number of piperidine rings is 2. The van der Waals surface area contributed by atoms with Gasteiger partial charge >= 0.3 is 18.5 Å². The first kappa shape index (κ1) is 37.4. The second-order valence-electron chi connectivity index (χ2n) is 12.9. The van der Waals surface area contributed by atoms with Crippen molar-refractivity contribution in [1.82, 2.24) is 30.0 Å². The van der Waals surface area contributed by atoms with Crippen LogP contribution in [0.25, 0.3) is 0 Å². The number of rotatable bonds is 9. The summed E-state index contributed by atoms with van der Waals surface area (Å²) in [5.41, 5.74) is -3.77. The van der Waals surface area contributed by atoms with Gasteiger partial charge in [-0.3, -0.25) is 9.69 Å². The lowest BCUT2D eigenvalue weighted by Gasteiger charge is -2.40. The van der Waals surface area contributed by atoms with Gasteiger partial charge in [0.2, 0.25) is 5.91 Å². The predicted molar refractivity (Wildman–Crippen MR) is 164 cm³/mol. The highest BCUT2D eigenvalue weighted by atomic mass is 19.4. The lowest BCUT2D eigenvalue weighted by molar-refractivity contribution is -0.143. The highest BCUT2D eigenvalue weighted by Gasteiger charge is 2.38. The van der Waals surface area contributed by atoms with Crippen molar-refractivity contribution in [3.05, 3.63) is 69.8 Å². The molecule has 2 aliphatic heterocycles. The fourth-order valence-electron chi connectivity index (χ4n) is 6.88. The number of aromatic nitrogens is 4. The topological polar surface area (TPSA) is 70.4 Å². The maximum atomic E-state index is 14.0. The number of carbonyl (C=O) groups is 1. The number of carbonyl (C=O) groups excluding carboxylic acids is 1. The molecule has 0 aliphatic carbocycles. The third-order valence-electron chi connectivity index (χ3n) is 9.37. The number of halogens is 9. The van der Waals surface area contributed by atoms with Crippen LogP contribution in [0.1, 0.15) is 84.9 Å². The van der Waals surface area contributed by atoms with Crippen LogP contribution in [0.4, 0.5) is 45.5 Å². The van der Waals surface area contributed by atoms with Gasteiger partial charge in [0.25, 0.3) is 5.95 Å². The number of aryl methyl sites for hydroxylation is 1. The molecule has 3 aromatic rings. The summed E-state index contributed by atoms with van der Waals surface area (Å²) in [6, 6.07) is 4.02. The monoisotopic (exact) mass is 719 g/mol. The highest BCUT2D eigenvalue weighted by Crippen LogP contribution is 2.39. The van der Waals surface area contributed by atoms with Crippen molar-refractivity contribution < 1.29 is 44.3 Å². The van der Waals surface area contributed by atoms with Crippen molar-refractivity contribution in [2.24, 2.45) is 13.0 Å². The molecule has 2 fully saturated rings. The summed E-state index contributed by atoms with van der Waals surface area (Å²) in [6.07, 6.45) is -10.3. The fraction of sp³-hybridized carbons (Fsp3) is 0.576. The summed E-state index contributed by atoms with van der Waals surface area (Å²) in [5, 5.41) is 11.7. The summed E-state index contributed by atoms with van der Waals surface area (Å²) in [4.78, 5) is 19.4. The molecule has 2 saturated heterocycles. The molecule has 0 radical (unpaired) electrons. The van der Waals surface area contributed by atoms with Crippen molar-refractivity contribution >= 4 is 11.9 Å². The van der Waals surface area contributed by atoms with E-state index in [0.717, 1.165) is 49.3 Å². The van der Waals surface area contributed by atoms with Gasteiger partial charge in [-0.05, 0) is 104 Å². The Morgan fingerprint density at radius 3 is 1.94 bits per heavy atom. The van der Waals surface area contributed by atoms with Crippen LogP contribution < -0.4 is 4.90 Å². The van der Waals surface area contributed by atoms with E-state index in [-0.39, 0.29) is 42.0 Å². The minimum Gasteiger partial charge on any atom is -0.342 e. The average molecular weight is 720 g/mol. The molecule has 0 saturated carbocycles. The maximum absolute atomic E-state index is 14.0. The molecule has 2 aliphatic rings. The lowest BCUT2D eigenvalue weighted by atomic mass is 9.89. The van der Waals surface area contributed by atoms with Crippen molar-refractivity contribution in [1.29, 1.82) is 0 Å². The van der Waals surface area contributed by atoms with Gasteiger partial charge in [-0.2, -0.15) is 44.3 Å². The van der Waals surface area contributed by atoms with E-state index in [0.29, 0.717) is 50.0 Å². The third-order valence-corrected chi connectivity index (χ3v) is 9.37. The van der Waals surface area contributed by atoms with Crippen molar-refractivity contribution in [3.63, 3.8) is 0 Å². The summed E-state index contributed by atoms with van der Waals surface area (Å²) < 4.78 is 124. The molecule has 1 aromatic heterocycles. The number of hydrogen-bond acceptors (Lipinski definition) is 6. The number of tetrazole rings is 1. The molecule has 5 rings (SSSR count). The second-order valence-corrected chi connectivity index (χ2v) is 12.9. The number of anilines is 1. The molecular weight excluding hydrogens is 681 g/mol. The number of alkyl halides is 9. The fourth-order valence-corrected chi connectivity index (χ4v) is 6.88. The van der Waals surface area contributed by atoms with E-state index >= 15 is 0 Å². The zero-order valence-corrected chi connectivity index (χ0v) is 27.5. The van der Waals surface area contributed by atoms with Crippen LogP contribution >= 0.6 is 0 Å². The molecule has 50 heavy (non-hydrogen) atoms. The van der Waals surface area contributed by atoms with E-state index < -0.39 is 47.3 Å². The lowest BCUT2D eigenvalue weighted by Crippen LogP contribution is -2.45. The molecule has 274 valence electrons. The van der Waals surface area contributed by atoms with Crippen LogP contribution in [-0.4, -0.2) is 62.1 Å². The van der Waals surface area contributed by atoms with E-state index in [1.807, 2.05) is 11.8 Å². The van der Waals surface area contributed by atoms with Gasteiger partial charge in [-0.25, -0.2) is 0 Å². The zero-order chi connectivity index (χ0) is 36.4. The number of nitrogens with zero attached hydrogens (tertiary/aromatic N) is 7. The van der Waals surface area contributed by atoms with E-state index in [4.69, 9.17) is 0 Å². The van der Waals surface area contributed by atoms with Gasteiger partial charge in [0.1, 0.15) is 0 Å². The molecule has 2 aromatic carbocycles. The number of benzene rings is 2. The van der Waals surface area contributed by atoms with Crippen LogP contribution in [0.3, 0.4) is 0 Å². The Morgan fingerprint density at radius 2 is 1.42 bits per heavy atom. The van der Waals surface area contributed by atoms with Gasteiger partial charge in [-0.1, -0.05) is 18.1 Å². The number of likely N-dealkylation sites (tertiary alicyclic amines) is 2. The largest absolute Gasteiger partial charge is 0.416 e. The Hall–Kier alpha value is -3.89. The minimum absolute atomic E-state index is 0.00838. The molecule has 0 bridgehead atoms. The zero-order valence-electron chi connectivity index (χ0n) is 27.5. The van der Waals surface area contributed by atoms with E-state index in [9.17, 15) is 44.3 Å². The molecular formula is C33H38F9N7O. The summed E-state index contributed by atoms with van der Waals surface area (Å²) in [5.74, 6) is -0.226. The summed E-state index contributed by atoms with van der Waals surface area (Å²) >= 11 is 0. The van der Waals surface area contributed by atoms with Gasteiger partial charge in [0.15, 0.2) is 0 Å². The highest BCUT2D eigenvalue weighted by molar-refractivity contribution is 5.79. The predicted octanol–water partition coefficient (Wildman–Crippen LogP) is 7.65. The van der Waals surface area contributed by atoms with Crippen LogP contribution in [0.2, 0.25) is 0 Å². The first-order valence-corrected chi connectivity index (χ1v) is 16.4. The molecule has 0 N–H and O–H groups in total. The normalized spacial score (nSPS) is 17.6. The Kier molecular flexibility index (Phi) is 11.0. The SMILES string of the molecule is CCC(c1ccc(C(F)(F)F)cc1CN(Cc1cc(C(F)(F)F)cc(C(F)(F)F)c1)c1nnn(C)n1)N1CCC(C(=O)N2CCCCC2)CC1. The van der Waals surface area contributed by atoms with Crippen LogP contribution in [0, 0.1) is 5.92 Å². The third kappa shape index (κ3) is 8.87. The Labute approximate surface area is 283 Å². The van der Waals surface area contributed by atoms with Crippen LogP contribution in [-0.2, 0) is 43.5 Å².